The Labute approximate surface area is 75.6 Å². The van der Waals surface area contributed by atoms with Crippen LogP contribution in [0.4, 0.5) is 4.39 Å². The van der Waals surface area contributed by atoms with E-state index in [1.165, 1.54) is 6.07 Å². The second-order valence-electron chi connectivity index (χ2n) is 3.37. The third-order valence-corrected chi connectivity index (χ3v) is 2.46. The Morgan fingerprint density at radius 2 is 2.15 bits per heavy atom. The maximum atomic E-state index is 13.2. The molecule has 0 aromatic heterocycles. The summed E-state index contributed by atoms with van der Waals surface area (Å²) >= 11 is 0. The van der Waals surface area contributed by atoms with Gasteiger partial charge in [-0.2, -0.15) is 0 Å². The monoisotopic (exact) mass is 179 g/mol. The van der Waals surface area contributed by atoms with Crippen LogP contribution in [0.1, 0.15) is 17.9 Å². The highest BCUT2D eigenvalue weighted by Gasteiger charge is 2.43. The predicted molar refractivity (Wildman–Crippen MR) is 46.4 cm³/mol. The Balaban J connectivity index is 2.21. The minimum atomic E-state index is -0.326. The van der Waals surface area contributed by atoms with E-state index >= 15 is 0 Å². The first kappa shape index (κ1) is 8.23. The van der Waals surface area contributed by atoms with Crippen LogP contribution in [0.25, 0.3) is 0 Å². The molecule has 0 aliphatic heterocycles. The molecule has 68 valence electrons. The molecule has 2 atom stereocenters. The van der Waals surface area contributed by atoms with Crippen molar-refractivity contribution in [3.05, 3.63) is 35.6 Å². The number of hydrogen-bond acceptors (Lipinski definition) is 1. The zero-order chi connectivity index (χ0) is 9.42. The Morgan fingerprint density at radius 1 is 1.46 bits per heavy atom. The van der Waals surface area contributed by atoms with E-state index in [1.807, 2.05) is 0 Å². The van der Waals surface area contributed by atoms with Crippen molar-refractivity contribution in [1.82, 2.24) is 0 Å². The number of hydrogen-bond donors (Lipinski definition) is 1. The lowest BCUT2D eigenvalue weighted by atomic mass is 10.1. The van der Waals surface area contributed by atoms with Crippen LogP contribution in [0.5, 0.6) is 0 Å². The second-order valence-corrected chi connectivity index (χ2v) is 3.37. The molecule has 1 amide bonds. The fraction of sp³-hybridized carbons (Fsp3) is 0.300. The lowest BCUT2D eigenvalue weighted by Gasteiger charge is -1.99. The Hall–Kier alpha value is -1.38. The van der Waals surface area contributed by atoms with Gasteiger partial charge in [-0.1, -0.05) is 18.2 Å². The molecule has 13 heavy (non-hydrogen) atoms. The van der Waals surface area contributed by atoms with E-state index in [9.17, 15) is 9.18 Å². The predicted octanol–water partition coefficient (Wildman–Crippen LogP) is 1.41. The zero-order valence-electron chi connectivity index (χ0n) is 7.03. The number of carbonyl (C=O) groups excluding carboxylic acids is 1. The first-order valence-corrected chi connectivity index (χ1v) is 4.24. The molecule has 1 saturated carbocycles. The average Bonchev–Trinajstić information content (AvgIpc) is 2.84. The first-order chi connectivity index (χ1) is 6.20. The molecule has 0 heterocycles. The summed E-state index contributed by atoms with van der Waals surface area (Å²) in [6.07, 6.45) is 0.691. The molecule has 1 fully saturated rings. The molecule has 3 heteroatoms. The highest BCUT2D eigenvalue weighted by atomic mass is 19.1. The smallest absolute Gasteiger partial charge is 0.221 e. The number of nitrogens with two attached hydrogens (primary N) is 1. The molecule has 1 aromatic carbocycles. The van der Waals surface area contributed by atoms with Crippen molar-refractivity contribution in [2.75, 3.05) is 0 Å². The van der Waals surface area contributed by atoms with Gasteiger partial charge in [-0.15, -0.1) is 0 Å². The van der Waals surface area contributed by atoms with Gasteiger partial charge in [0.15, 0.2) is 0 Å². The SMILES string of the molecule is NC(=O)[C@@H]1C[C@@H]1c1ccccc1F. The molecular formula is C10H10FNO. The van der Waals surface area contributed by atoms with Crippen LogP contribution in [0, 0.1) is 11.7 Å². The first-order valence-electron chi connectivity index (χ1n) is 4.24. The number of carbonyl (C=O) groups is 1. The number of primary amides is 1. The summed E-state index contributed by atoms with van der Waals surface area (Å²) < 4.78 is 13.2. The van der Waals surface area contributed by atoms with Crippen molar-refractivity contribution >= 4 is 5.91 Å². The van der Waals surface area contributed by atoms with Crippen molar-refractivity contribution < 1.29 is 9.18 Å². The third-order valence-electron chi connectivity index (χ3n) is 2.46. The van der Waals surface area contributed by atoms with Crippen molar-refractivity contribution in [3.63, 3.8) is 0 Å². The highest BCUT2D eigenvalue weighted by molar-refractivity contribution is 5.81. The van der Waals surface area contributed by atoms with E-state index in [0.29, 0.717) is 12.0 Å². The third kappa shape index (κ3) is 1.41. The van der Waals surface area contributed by atoms with Gasteiger partial charge >= 0.3 is 0 Å². The maximum absolute atomic E-state index is 13.2. The van der Waals surface area contributed by atoms with Crippen LogP contribution < -0.4 is 5.73 Å². The minimum Gasteiger partial charge on any atom is -0.369 e. The summed E-state index contributed by atoms with van der Waals surface area (Å²) in [6, 6.07) is 6.53. The van der Waals surface area contributed by atoms with E-state index in [0.717, 1.165) is 0 Å². The van der Waals surface area contributed by atoms with Gasteiger partial charge in [-0.05, 0) is 24.0 Å². The summed E-state index contributed by atoms with van der Waals surface area (Å²) in [4.78, 5) is 10.8. The molecule has 2 rings (SSSR count). The second kappa shape index (κ2) is 2.83. The van der Waals surface area contributed by atoms with Gasteiger partial charge in [0.05, 0.1) is 0 Å². The Bertz CT molecular complexity index is 351. The summed E-state index contributed by atoms with van der Waals surface area (Å²) in [7, 11) is 0. The summed E-state index contributed by atoms with van der Waals surface area (Å²) in [5.41, 5.74) is 5.73. The molecular weight excluding hydrogens is 169 g/mol. The van der Waals surface area contributed by atoms with Gasteiger partial charge in [0, 0.05) is 5.92 Å². The molecule has 1 aliphatic carbocycles. The van der Waals surface area contributed by atoms with E-state index in [2.05, 4.69) is 0 Å². The van der Waals surface area contributed by atoms with Crippen molar-refractivity contribution in [2.45, 2.75) is 12.3 Å². The van der Waals surface area contributed by atoms with Crippen LogP contribution in [-0.4, -0.2) is 5.91 Å². The molecule has 1 aliphatic rings. The van der Waals surface area contributed by atoms with Crippen molar-refractivity contribution in [3.8, 4) is 0 Å². The molecule has 0 bridgehead atoms. The number of halogens is 1. The van der Waals surface area contributed by atoms with Gasteiger partial charge in [0.1, 0.15) is 5.82 Å². The molecule has 2 nitrogen and oxygen atoms in total. The molecule has 0 saturated heterocycles. The quantitative estimate of drug-likeness (QED) is 0.732. The van der Waals surface area contributed by atoms with Crippen molar-refractivity contribution in [2.24, 2.45) is 11.7 Å². The molecule has 1 aromatic rings. The maximum Gasteiger partial charge on any atom is 0.221 e. The fourth-order valence-corrected chi connectivity index (χ4v) is 1.63. The summed E-state index contributed by atoms with van der Waals surface area (Å²) in [6.45, 7) is 0. The lowest BCUT2D eigenvalue weighted by molar-refractivity contribution is -0.119. The summed E-state index contributed by atoms with van der Waals surface area (Å²) in [5, 5.41) is 0. The van der Waals surface area contributed by atoms with Crippen LogP contribution in [-0.2, 0) is 4.79 Å². The highest BCUT2D eigenvalue weighted by Crippen LogP contribution is 2.47. The topological polar surface area (TPSA) is 43.1 Å². The Morgan fingerprint density at radius 3 is 2.69 bits per heavy atom. The number of amides is 1. The van der Waals surface area contributed by atoms with E-state index in [1.54, 1.807) is 18.2 Å². The van der Waals surface area contributed by atoms with Gasteiger partial charge in [-0.25, -0.2) is 4.39 Å². The number of rotatable bonds is 2. The molecule has 0 unspecified atom stereocenters. The molecule has 2 N–H and O–H groups in total. The average molecular weight is 179 g/mol. The van der Waals surface area contributed by atoms with E-state index in [4.69, 9.17) is 5.73 Å². The number of benzene rings is 1. The fourth-order valence-electron chi connectivity index (χ4n) is 1.63. The standard InChI is InChI=1S/C10H10FNO/c11-9-4-2-1-3-6(9)7-5-8(7)10(12)13/h1-4,7-8H,5H2,(H2,12,13)/t7-,8-/m1/s1. The van der Waals surface area contributed by atoms with Gasteiger partial charge in [0.25, 0.3) is 0 Å². The normalized spacial score (nSPS) is 25.6. The zero-order valence-corrected chi connectivity index (χ0v) is 7.03. The minimum absolute atomic E-state index is 0.0127. The van der Waals surface area contributed by atoms with Crippen molar-refractivity contribution in [1.29, 1.82) is 0 Å². The van der Waals surface area contributed by atoms with Gasteiger partial charge in [0.2, 0.25) is 5.91 Å². The summed E-state index contributed by atoms with van der Waals surface area (Å²) in [5.74, 6) is -0.708. The largest absolute Gasteiger partial charge is 0.369 e. The Kier molecular flexibility index (Phi) is 1.79. The molecule has 0 spiro atoms. The lowest BCUT2D eigenvalue weighted by Crippen LogP contribution is -2.13. The van der Waals surface area contributed by atoms with Gasteiger partial charge in [-0.3, -0.25) is 4.79 Å². The van der Waals surface area contributed by atoms with Crippen LogP contribution in [0.15, 0.2) is 24.3 Å². The van der Waals surface area contributed by atoms with Crippen LogP contribution in [0.2, 0.25) is 0 Å². The van der Waals surface area contributed by atoms with Crippen LogP contribution in [0.3, 0.4) is 0 Å². The van der Waals surface area contributed by atoms with Crippen LogP contribution >= 0.6 is 0 Å². The van der Waals surface area contributed by atoms with E-state index < -0.39 is 0 Å². The van der Waals surface area contributed by atoms with E-state index in [-0.39, 0.29) is 23.6 Å². The van der Waals surface area contributed by atoms with Gasteiger partial charge < -0.3 is 5.73 Å². The molecule has 0 radical (unpaired) electrons.